The van der Waals surface area contributed by atoms with Crippen molar-refractivity contribution in [2.45, 2.75) is 369 Å². The number of esters is 4. The van der Waals surface area contributed by atoms with Gasteiger partial charge < -0.3 is 47.9 Å². The highest BCUT2D eigenvalue weighted by molar-refractivity contribution is 7.97. The number of aromatic hydroxyl groups is 2. The number of benzene rings is 10. The molecule has 0 spiro atoms. The van der Waals surface area contributed by atoms with E-state index in [0.717, 1.165) is 66.7 Å². The number of fused-ring (bicyclic) bond motifs is 1. The van der Waals surface area contributed by atoms with E-state index in [2.05, 4.69) is 183 Å². The lowest BCUT2D eigenvalue weighted by Crippen LogP contribution is -2.32. The molecule has 0 saturated carbocycles. The zero-order valence-corrected chi connectivity index (χ0v) is 78.5. The van der Waals surface area contributed by atoms with Crippen LogP contribution < -0.4 is 9.47 Å². The number of carbonyl (C=O) groups is 4. The molecule has 0 bridgehead atoms. The van der Waals surface area contributed by atoms with E-state index in [4.69, 9.17) is 43.4 Å². The zero-order valence-electron chi connectivity index (χ0n) is 76.9. The Balaban J connectivity index is -0.000000146. The Morgan fingerprint density at radius 2 is 0.701 bits per heavy atom. The van der Waals surface area contributed by atoms with Crippen molar-refractivity contribution in [2.24, 2.45) is 16.2 Å². The van der Waals surface area contributed by atoms with E-state index in [-0.39, 0.29) is 156 Å². The lowest BCUT2D eigenvalue weighted by molar-refractivity contribution is -0.167. The van der Waals surface area contributed by atoms with Crippen molar-refractivity contribution in [3.05, 3.63) is 288 Å². The fraction of sp³-hybridized carbons (Fsp3) is 0.479. The number of methoxy groups -OCH3 is 1. The highest BCUT2D eigenvalue weighted by Gasteiger charge is 2.36. The van der Waals surface area contributed by atoms with Gasteiger partial charge in [0.2, 0.25) is 6.10 Å². The standard InChI is InChI=1S/C18H22O2.C18H15S.C15H22O3.C14H22O2.C10H16O4.C10H14O3S.2C10H14O.14CH4/c1-5-18(3,4)17(19)20-13(2)15-11-10-14-8-6-7-9-16(14)12-15;1-4-10-16(11-5-1)19(17-12-6-2-7-13-17)18-14-8-3-9-15-18;1-6-15(3,4)14(16)18-11(2)12-7-9-13(17-5)10-8-12;1-5-11(3)13-7-9-14(10-8-13)16-12(4)15-6-2;1-4-10(2,3)9(12)14-7-5-6-13-8(7)11;1-3-8(2)9-4-6-10(7-5-9)14(11,12)13;2*1-3-8(2)9-4-6-10(11)7-5-9;;;;;;;;;;;;;;/h6-13H,5H2,1-4H3;1-15H;7-11H,6H2,1-5H3;7-12H,5-6H2,1-4H3;7H,4-6H2,1-3H3;4-8H,3H2,1-2H3,(H,11,12,13);2*4-8,11H,3H2,1-2H3;14*1H4/q;+1;;;;;;;;;;;;;;;;;;;;/p-1. The van der Waals surface area contributed by atoms with Crippen LogP contribution in [-0.4, -0.2) is 79.8 Å². The first-order valence-corrected chi connectivity index (χ1v) is 45.8. The van der Waals surface area contributed by atoms with Crippen LogP contribution in [0, 0.1) is 16.2 Å². The van der Waals surface area contributed by atoms with Gasteiger partial charge in [-0.1, -0.05) is 332 Å². The molecule has 1 heterocycles. The zero-order chi connectivity index (χ0) is 91.5. The number of cyclic esters (lactones) is 1. The van der Waals surface area contributed by atoms with Crippen LogP contribution in [0.2, 0.25) is 0 Å². The second-order valence-corrected chi connectivity index (χ2v) is 35.8. The van der Waals surface area contributed by atoms with Gasteiger partial charge in [0.05, 0.1) is 45.8 Å². The van der Waals surface area contributed by atoms with E-state index in [1.54, 1.807) is 57.4 Å². The molecule has 1 fully saturated rings. The van der Waals surface area contributed by atoms with Crippen molar-refractivity contribution in [3.63, 3.8) is 0 Å². The molecule has 10 aromatic carbocycles. The van der Waals surface area contributed by atoms with Gasteiger partial charge in [-0.25, -0.2) is 13.2 Å². The SMILES string of the molecule is C.C.C.C.C.C.C.C.C.C.C.C.C.C.CCC(C)(C)C(=O)OC(C)c1ccc(OC)cc1.CCC(C)(C)C(=O)OC(C)c1ccc2ccccc2c1.CCC(C)(C)C(=O)OC1CCOC1=O.CCC(C)c1ccc(O)cc1.CCC(C)c1ccc(O)cc1.CCC(C)c1ccc(S(=O)(=O)[O-])cc1.CCOC(C)Oc1ccc(C(C)CC)cc1.c1ccc([S+](c2ccccc2)c2ccccc2)cc1. The molecule has 0 aromatic heterocycles. The maximum Gasteiger partial charge on any atom is 0.347 e. The Kier molecular flexibility index (Phi) is 83.8. The maximum absolute atomic E-state index is 12.1. The lowest BCUT2D eigenvalue weighted by atomic mass is 9.90. The van der Waals surface area contributed by atoms with Gasteiger partial charge in [0.1, 0.15) is 45.3 Å². The third kappa shape index (κ3) is 52.4. The summed E-state index contributed by atoms with van der Waals surface area (Å²) >= 11 is 0. The average molecular weight is 1940 g/mol. The molecule has 137 heavy (non-hydrogen) atoms. The van der Waals surface area contributed by atoms with E-state index in [9.17, 15) is 32.1 Å². The van der Waals surface area contributed by atoms with E-state index in [0.29, 0.717) is 61.2 Å². The van der Waals surface area contributed by atoms with Crippen molar-refractivity contribution >= 4 is 55.7 Å². The minimum absolute atomic E-state index is 0. The first kappa shape index (κ1) is 150. The molecule has 778 valence electrons. The lowest BCUT2D eigenvalue weighted by Gasteiger charge is -2.23. The van der Waals surface area contributed by atoms with E-state index < -0.39 is 38.4 Å². The van der Waals surface area contributed by atoms with Crippen molar-refractivity contribution < 1.29 is 75.5 Å². The summed E-state index contributed by atoms with van der Waals surface area (Å²) in [5.41, 5.74) is 5.63. The molecular formula is C119H194O16S2. The summed E-state index contributed by atoms with van der Waals surface area (Å²) in [6.45, 7) is 43.1. The summed E-state index contributed by atoms with van der Waals surface area (Å²) < 4.78 is 68.8. The van der Waals surface area contributed by atoms with Gasteiger partial charge in [0.25, 0.3) is 0 Å². The fourth-order valence-electron chi connectivity index (χ4n) is 11.3. The van der Waals surface area contributed by atoms with Crippen LogP contribution >= 0.6 is 0 Å². The quantitative estimate of drug-likeness (QED) is 0.0153. The molecule has 11 rings (SSSR count). The Labute approximate surface area is 842 Å². The van der Waals surface area contributed by atoms with Crippen LogP contribution in [0.15, 0.2) is 274 Å². The second kappa shape index (κ2) is 76.7. The van der Waals surface area contributed by atoms with Gasteiger partial charge in [-0.05, 0) is 285 Å². The maximum atomic E-state index is 12.1. The predicted octanol–water partition coefficient (Wildman–Crippen LogP) is 35.5. The molecule has 16 nitrogen and oxygen atoms in total. The third-order valence-corrected chi connectivity index (χ3v) is 25.1. The van der Waals surface area contributed by atoms with E-state index in [1.165, 1.54) is 54.3 Å². The highest BCUT2D eigenvalue weighted by atomic mass is 32.2. The Morgan fingerprint density at radius 1 is 0.401 bits per heavy atom. The summed E-state index contributed by atoms with van der Waals surface area (Å²) in [5.74, 6) is 3.49. The Morgan fingerprint density at radius 3 is 1.01 bits per heavy atom. The van der Waals surface area contributed by atoms with Gasteiger partial charge in [0.15, 0.2) is 21.0 Å². The summed E-state index contributed by atoms with van der Waals surface area (Å²) in [6, 6.07) is 83.3. The number of phenols is 2. The molecule has 2 N–H and O–H groups in total. The molecule has 8 atom stereocenters. The molecule has 0 aliphatic carbocycles. The third-order valence-electron chi connectivity index (χ3n) is 22.0. The van der Waals surface area contributed by atoms with Crippen molar-refractivity contribution in [1.82, 2.24) is 0 Å². The normalized spacial score (nSPS) is 12.5. The topological polar surface area (TPSA) is 231 Å². The number of hydrogen-bond donors (Lipinski definition) is 2. The molecule has 1 aliphatic rings. The number of rotatable bonds is 28. The summed E-state index contributed by atoms with van der Waals surface area (Å²) in [6.07, 6.45) is 5.81. The van der Waals surface area contributed by atoms with Crippen LogP contribution in [0.4, 0.5) is 0 Å². The van der Waals surface area contributed by atoms with Crippen molar-refractivity contribution in [2.75, 3.05) is 20.3 Å². The second-order valence-electron chi connectivity index (χ2n) is 32.4. The van der Waals surface area contributed by atoms with Gasteiger partial charge in [-0.2, -0.15) is 0 Å². The monoisotopic (exact) mass is 1940 g/mol. The number of phenolic OH excluding ortho intramolecular Hbond substituents is 2. The van der Waals surface area contributed by atoms with Crippen LogP contribution in [0.3, 0.4) is 0 Å². The number of carbonyl (C=O) groups excluding carboxylic acids is 4. The fourth-order valence-corrected chi connectivity index (χ4v) is 13.9. The van der Waals surface area contributed by atoms with Gasteiger partial charge in [-0.15, -0.1) is 0 Å². The molecule has 0 radical (unpaired) electrons. The average Bonchev–Trinajstić information content (AvgIpc) is 0.907. The van der Waals surface area contributed by atoms with Gasteiger partial charge in [0, 0.05) is 13.0 Å². The van der Waals surface area contributed by atoms with Crippen molar-refractivity contribution in [3.8, 4) is 23.0 Å². The molecule has 0 amide bonds. The minimum Gasteiger partial charge on any atom is -0.744 e. The minimum atomic E-state index is -4.30. The van der Waals surface area contributed by atoms with Gasteiger partial charge >= 0.3 is 23.9 Å². The molecule has 1 saturated heterocycles. The van der Waals surface area contributed by atoms with E-state index in [1.807, 2.05) is 155 Å². The molecule has 8 unspecified atom stereocenters. The molecule has 18 heteroatoms. The largest absolute Gasteiger partial charge is 0.744 e. The predicted molar refractivity (Wildman–Crippen MR) is 593 cm³/mol. The van der Waals surface area contributed by atoms with Crippen LogP contribution in [-0.2, 0) is 63.9 Å². The van der Waals surface area contributed by atoms with E-state index >= 15 is 0 Å². The van der Waals surface area contributed by atoms with Gasteiger partial charge in [-0.3, -0.25) is 14.4 Å². The van der Waals surface area contributed by atoms with Crippen LogP contribution in [0.5, 0.6) is 23.0 Å². The molecule has 10 aromatic rings. The Bertz CT molecular complexity index is 4630. The molecule has 1 aliphatic heterocycles. The van der Waals surface area contributed by atoms with Crippen LogP contribution in [0.25, 0.3) is 10.8 Å². The first-order chi connectivity index (χ1) is 58.3. The smallest absolute Gasteiger partial charge is 0.347 e. The molecular weight excluding hydrogens is 1750 g/mol. The number of ether oxygens (including phenoxy) is 7. The first-order valence-electron chi connectivity index (χ1n) is 43.2. The highest BCUT2D eigenvalue weighted by Crippen LogP contribution is 2.34. The van der Waals surface area contributed by atoms with Crippen molar-refractivity contribution in [1.29, 1.82) is 0 Å². The summed E-state index contributed by atoms with van der Waals surface area (Å²) in [4.78, 5) is 50.6. The summed E-state index contributed by atoms with van der Waals surface area (Å²) in [5, 5.41) is 20.4. The number of hydrogen-bond acceptors (Lipinski definition) is 16. The Hall–Kier alpha value is -10.2. The van der Waals surface area contributed by atoms with Crippen LogP contribution in [0.1, 0.15) is 370 Å². The summed E-state index contributed by atoms with van der Waals surface area (Å²) in [7, 11) is -2.69.